The number of rotatable bonds is 9. The first-order chi connectivity index (χ1) is 10.6. The van der Waals surface area contributed by atoms with Crippen molar-refractivity contribution in [2.75, 3.05) is 45.8 Å². The Bertz CT molecular complexity index is 316. The highest BCUT2D eigenvalue weighted by atomic mass is 15.2. The number of guanidine groups is 1. The molecule has 1 aliphatic heterocycles. The molecule has 1 heterocycles. The molecule has 0 aromatic carbocycles. The third kappa shape index (κ3) is 6.53. The van der Waals surface area contributed by atoms with Gasteiger partial charge in [-0.3, -0.25) is 14.8 Å². The Labute approximate surface area is 137 Å². The minimum absolute atomic E-state index is 0.600. The standard InChI is InChI=1S/C17H37N5/c1-6-18-17(19-11-13-21(7-2)15(4)5)20-14-16-10-9-12-22(16)8-3/h15-16H,6-14H2,1-5H3,(H2,18,19,20). The van der Waals surface area contributed by atoms with Crippen LogP contribution in [0, 0.1) is 0 Å². The summed E-state index contributed by atoms with van der Waals surface area (Å²) in [5.41, 5.74) is 0. The molecule has 2 N–H and O–H groups in total. The van der Waals surface area contributed by atoms with E-state index in [1.807, 2.05) is 0 Å². The van der Waals surface area contributed by atoms with E-state index in [-0.39, 0.29) is 0 Å². The van der Waals surface area contributed by atoms with Gasteiger partial charge in [-0.05, 0) is 53.2 Å². The van der Waals surface area contributed by atoms with Crippen LogP contribution in [0.4, 0.5) is 0 Å². The molecule has 5 heteroatoms. The average Bonchev–Trinajstić information content (AvgIpc) is 2.96. The normalized spacial score (nSPS) is 20.1. The lowest BCUT2D eigenvalue weighted by molar-refractivity contribution is 0.237. The molecule has 1 fully saturated rings. The van der Waals surface area contributed by atoms with E-state index in [1.165, 1.54) is 19.4 Å². The van der Waals surface area contributed by atoms with Gasteiger partial charge in [-0.2, -0.15) is 0 Å². The zero-order valence-corrected chi connectivity index (χ0v) is 15.4. The Balaban J connectivity index is 2.41. The van der Waals surface area contributed by atoms with Crippen LogP contribution >= 0.6 is 0 Å². The molecule has 130 valence electrons. The van der Waals surface area contributed by atoms with Crippen molar-refractivity contribution < 1.29 is 0 Å². The maximum atomic E-state index is 4.80. The summed E-state index contributed by atoms with van der Waals surface area (Å²) in [6.07, 6.45) is 2.60. The van der Waals surface area contributed by atoms with Gasteiger partial charge in [0.15, 0.2) is 5.96 Å². The number of likely N-dealkylation sites (tertiary alicyclic amines) is 1. The highest BCUT2D eigenvalue weighted by molar-refractivity contribution is 5.79. The Kier molecular flexibility index (Phi) is 9.48. The quantitative estimate of drug-likeness (QED) is 0.503. The number of aliphatic imine (C=N–C) groups is 1. The van der Waals surface area contributed by atoms with E-state index >= 15 is 0 Å². The molecular weight excluding hydrogens is 274 g/mol. The van der Waals surface area contributed by atoms with E-state index in [4.69, 9.17) is 4.99 Å². The van der Waals surface area contributed by atoms with Gasteiger partial charge >= 0.3 is 0 Å². The Hall–Kier alpha value is -0.810. The van der Waals surface area contributed by atoms with E-state index in [1.54, 1.807) is 0 Å². The van der Waals surface area contributed by atoms with E-state index in [0.29, 0.717) is 12.1 Å². The van der Waals surface area contributed by atoms with Gasteiger partial charge < -0.3 is 10.6 Å². The molecule has 1 aliphatic rings. The summed E-state index contributed by atoms with van der Waals surface area (Å²) >= 11 is 0. The van der Waals surface area contributed by atoms with Gasteiger partial charge in [0.2, 0.25) is 0 Å². The third-order valence-electron chi connectivity index (χ3n) is 4.54. The molecule has 5 nitrogen and oxygen atoms in total. The first-order valence-electron chi connectivity index (χ1n) is 9.12. The smallest absolute Gasteiger partial charge is 0.191 e. The van der Waals surface area contributed by atoms with Crippen molar-refractivity contribution in [2.24, 2.45) is 4.99 Å². The second kappa shape index (κ2) is 10.8. The zero-order valence-electron chi connectivity index (χ0n) is 15.4. The van der Waals surface area contributed by atoms with Gasteiger partial charge in [0.25, 0.3) is 0 Å². The van der Waals surface area contributed by atoms with E-state index in [9.17, 15) is 0 Å². The SMILES string of the molecule is CCNC(=NCC1CCCN1CC)NCCN(CC)C(C)C. The van der Waals surface area contributed by atoms with Crippen LogP contribution in [0.15, 0.2) is 4.99 Å². The molecule has 1 unspecified atom stereocenters. The number of nitrogens with one attached hydrogen (secondary N) is 2. The van der Waals surface area contributed by atoms with Crippen LogP contribution in [0.25, 0.3) is 0 Å². The molecule has 1 rings (SSSR count). The molecule has 0 aliphatic carbocycles. The monoisotopic (exact) mass is 311 g/mol. The highest BCUT2D eigenvalue weighted by Crippen LogP contribution is 2.16. The predicted molar refractivity (Wildman–Crippen MR) is 96.6 cm³/mol. The third-order valence-corrected chi connectivity index (χ3v) is 4.54. The predicted octanol–water partition coefficient (Wildman–Crippen LogP) is 1.76. The van der Waals surface area contributed by atoms with Gasteiger partial charge in [-0.25, -0.2) is 0 Å². The number of likely N-dealkylation sites (N-methyl/N-ethyl adjacent to an activating group) is 2. The highest BCUT2D eigenvalue weighted by Gasteiger charge is 2.22. The lowest BCUT2D eigenvalue weighted by Crippen LogP contribution is -2.43. The van der Waals surface area contributed by atoms with Crippen molar-refractivity contribution in [3.8, 4) is 0 Å². The van der Waals surface area contributed by atoms with Crippen molar-refractivity contribution >= 4 is 5.96 Å². The molecule has 0 aromatic rings. The summed E-state index contributed by atoms with van der Waals surface area (Å²) in [5, 5.41) is 6.84. The molecule has 1 atom stereocenters. The van der Waals surface area contributed by atoms with Crippen LogP contribution in [0.5, 0.6) is 0 Å². The summed E-state index contributed by atoms with van der Waals surface area (Å²) in [6, 6.07) is 1.23. The second-order valence-corrected chi connectivity index (χ2v) is 6.29. The summed E-state index contributed by atoms with van der Waals surface area (Å²) in [5.74, 6) is 0.963. The molecule has 1 saturated heterocycles. The van der Waals surface area contributed by atoms with Crippen LogP contribution < -0.4 is 10.6 Å². The molecule has 0 spiro atoms. The Morgan fingerprint density at radius 3 is 2.64 bits per heavy atom. The van der Waals surface area contributed by atoms with Crippen LogP contribution in [-0.2, 0) is 0 Å². The molecule has 0 amide bonds. The average molecular weight is 312 g/mol. The second-order valence-electron chi connectivity index (χ2n) is 6.29. The van der Waals surface area contributed by atoms with Crippen molar-refractivity contribution in [3.05, 3.63) is 0 Å². The number of hydrogen-bond donors (Lipinski definition) is 2. The Morgan fingerprint density at radius 1 is 1.27 bits per heavy atom. The van der Waals surface area contributed by atoms with E-state index < -0.39 is 0 Å². The lowest BCUT2D eigenvalue weighted by Gasteiger charge is -2.25. The molecule has 0 saturated carbocycles. The first-order valence-corrected chi connectivity index (χ1v) is 9.12. The lowest BCUT2D eigenvalue weighted by atomic mass is 10.2. The molecule has 22 heavy (non-hydrogen) atoms. The summed E-state index contributed by atoms with van der Waals surface area (Å²) in [4.78, 5) is 9.81. The molecule has 0 aromatic heterocycles. The van der Waals surface area contributed by atoms with Crippen LogP contribution in [0.3, 0.4) is 0 Å². The number of nitrogens with zero attached hydrogens (tertiary/aromatic N) is 3. The molecular formula is C17H37N5. The van der Waals surface area contributed by atoms with E-state index in [2.05, 4.69) is 55.1 Å². The first kappa shape index (κ1) is 19.2. The fraction of sp³-hybridized carbons (Fsp3) is 0.941. The number of hydrogen-bond acceptors (Lipinski definition) is 3. The fourth-order valence-electron chi connectivity index (χ4n) is 3.16. The van der Waals surface area contributed by atoms with Gasteiger partial charge in [-0.15, -0.1) is 0 Å². The van der Waals surface area contributed by atoms with Crippen molar-refractivity contribution in [3.63, 3.8) is 0 Å². The van der Waals surface area contributed by atoms with Crippen LogP contribution in [0.2, 0.25) is 0 Å². The largest absolute Gasteiger partial charge is 0.357 e. The molecule has 0 bridgehead atoms. The fourth-order valence-corrected chi connectivity index (χ4v) is 3.16. The van der Waals surface area contributed by atoms with Gasteiger partial charge in [0, 0.05) is 31.7 Å². The zero-order chi connectivity index (χ0) is 16.4. The summed E-state index contributed by atoms with van der Waals surface area (Å²) in [7, 11) is 0. The molecule has 0 radical (unpaired) electrons. The van der Waals surface area contributed by atoms with Gasteiger partial charge in [0.05, 0.1) is 6.54 Å². The van der Waals surface area contributed by atoms with E-state index in [0.717, 1.165) is 45.2 Å². The minimum Gasteiger partial charge on any atom is -0.357 e. The Morgan fingerprint density at radius 2 is 2.05 bits per heavy atom. The maximum Gasteiger partial charge on any atom is 0.191 e. The maximum absolute atomic E-state index is 4.80. The van der Waals surface area contributed by atoms with Crippen molar-refractivity contribution in [1.29, 1.82) is 0 Å². The van der Waals surface area contributed by atoms with Crippen LogP contribution in [0.1, 0.15) is 47.5 Å². The van der Waals surface area contributed by atoms with Gasteiger partial charge in [0.1, 0.15) is 0 Å². The van der Waals surface area contributed by atoms with Crippen molar-refractivity contribution in [2.45, 2.75) is 59.5 Å². The van der Waals surface area contributed by atoms with Crippen molar-refractivity contribution in [1.82, 2.24) is 20.4 Å². The summed E-state index contributed by atoms with van der Waals surface area (Å²) in [6.45, 7) is 18.4. The topological polar surface area (TPSA) is 42.9 Å². The van der Waals surface area contributed by atoms with Crippen LogP contribution in [-0.4, -0.2) is 73.7 Å². The van der Waals surface area contributed by atoms with Gasteiger partial charge in [-0.1, -0.05) is 13.8 Å². The summed E-state index contributed by atoms with van der Waals surface area (Å²) < 4.78 is 0. The minimum atomic E-state index is 0.600.